The molecule has 1 aliphatic rings. The largest absolute Gasteiger partial charge is 0.493 e. The molecule has 5 heteroatoms. The minimum absolute atomic E-state index is 0.439. The predicted octanol–water partition coefficient (Wildman–Crippen LogP) is 3.27. The monoisotopic (exact) mass is 313 g/mol. The SMILES string of the molecule is COc1ccc(-c2ccc3c(n2)CCCC3C(=O)O)cc1OC. The van der Waals surface area contributed by atoms with Crippen molar-refractivity contribution in [3.8, 4) is 22.8 Å². The number of methoxy groups -OCH3 is 2. The van der Waals surface area contributed by atoms with E-state index in [0.29, 0.717) is 17.9 Å². The lowest BCUT2D eigenvalue weighted by atomic mass is 9.85. The smallest absolute Gasteiger partial charge is 0.311 e. The molecule has 5 nitrogen and oxygen atoms in total. The standard InChI is InChI=1S/C18H19NO4/c1-22-16-9-6-11(10-17(16)23-2)14-8-7-12-13(18(20)21)4-3-5-15(12)19-14/h6-10,13H,3-5H2,1-2H3,(H,20,21). The van der Waals surface area contributed by atoms with Gasteiger partial charge in [0.1, 0.15) is 0 Å². The summed E-state index contributed by atoms with van der Waals surface area (Å²) in [6.45, 7) is 0. The number of rotatable bonds is 4. The molecule has 120 valence electrons. The Morgan fingerprint density at radius 1 is 1.17 bits per heavy atom. The van der Waals surface area contributed by atoms with Crippen LogP contribution in [0.15, 0.2) is 30.3 Å². The van der Waals surface area contributed by atoms with Crippen LogP contribution in [0.4, 0.5) is 0 Å². The van der Waals surface area contributed by atoms with Crippen LogP contribution in [0.25, 0.3) is 11.3 Å². The van der Waals surface area contributed by atoms with E-state index in [2.05, 4.69) is 4.98 Å². The second-order valence-electron chi connectivity index (χ2n) is 5.59. The van der Waals surface area contributed by atoms with Gasteiger partial charge in [-0.3, -0.25) is 9.78 Å². The summed E-state index contributed by atoms with van der Waals surface area (Å²) in [4.78, 5) is 16.1. The first-order valence-corrected chi connectivity index (χ1v) is 7.59. The van der Waals surface area contributed by atoms with Crippen LogP contribution in [0.2, 0.25) is 0 Å². The first kappa shape index (κ1) is 15.3. The van der Waals surface area contributed by atoms with E-state index >= 15 is 0 Å². The van der Waals surface area contributed by atoms with E-state index < -0.39 is 11.9 Å². The molecule has 0 amide bonds. The number of benzene rings is 1. The number of fused-ring (bicyclic) bond motifs is 1. The zero-order chi connectivity index (χ0) is 16.4. The highest BCUT2D eigenvalue weighted by molar-refractivity contribution is 5.77. The van der Waals surface area contributed by atoms with Crippen LogP contribution in [0.5, 0.6) is 11.5 Å². The number of carboxylic acids is 1. The van der Waals surface area contributed by atoms with Crippen LogP contribution in [-0.2, 0) is 11.2 Å². The number of pyridine rings is 1. The van der Waals surface area contributed by atoms with Gasteiger partial charge in [0, 0.05) is 11.3 Å². The fourth-order valence-corrected chi connectivity index (χ4v) is 3.07. The van der Waals surface area contributed by atoms with Gasteiger partial charge in [0.05, 0.1) is 25.8 Å². The molecule has 0 radical (unpaired) electrons. The number of aliphatic carboxylic acids is 1. The summed E-state index contributed by atoms with van der Waals surface area (Å²) >= 11 is 0. The second kappa shape index (κ2) is 6.28. The Balaban J connectivity index is 2.00. The summed E-state index contributed by atoms with van der Waals surface area (Å²) in [6, 6.07) is 9.42. The Labute approximate surface area is 134 Å². The van der Waals surface area contributed by atoms with E-state index in [1.807, 2.05) is 30.3 Å². The third-order valence-corrected chi connectivity index (χ3v) is 4.27. The highest BCUT2D eigenvalue weighted by atomic mass is 16.5. The van der Waals surface area contributed by atoms with Crippen LogP contribution < -0.4 is 9.47 Å². The lowest BCUT2D eigenvalue weighted by Crippen LogP contribution is -2.19. The number of nitrogens with zero attached hydrogens (tertiary/aromatic N) is 1. The fraction of sp³-hybridized carbons (Fsp3) is 0.333. The Morgan fingerprint density at radius 2 is 1.96 bits per heavy atom. The molecule has 1 aromatic carbocycles. The van der Waals surface area contributed by atoms with Gasteiger partial charge in [0.2, 0.25) is 0 Å². The third-order valence-electron chi connectivity index (χ3n) is 4.27. The molecule has 1 unspecified atom stereocenters. The quantitative estimate of drug-likeness (QED) is 0.938. The maximum absolute atomic E-state index is 11.4. The van der Waals surface area contributed by atoms with E-state index in [1.54, 1.807) is 14.2 Å². The molecule has 0 aliphatic heterocycles. The average Bonchev–Trinajstić information content (AvgIpc) is 2.59. The zero-order valence-electron chi connectivity index (χ0n) is 13.2. The van der Waals surface area contributed by atoms with Crippen molar-refractivity contribution in [3.63, 3.8) is 0 Å². The fourth-order valence-electron chi connectivity index (χ4n) is 3.07. The minimum Gasteiger partial charge on any atom is -0.493 e. The summed E-state index contributed by atoms with van der Waals surface area (Å²) in [5, 5.41) is 9.34. The Kier molecular flexibility index (Phi) is 4.19. The number of hydrogen-bond acceptors (Lipinski definition) is 4. The van der Waals surface area contributed by atoms with Crippen molar-refractivity contribution in [1.29, 1.82) is 0 Å². The van der Waals surface area contributed by atoms with Crippen molar-refractivity contribution < 1.29 is 19.4 Å². The molecule has 0 fully saturated rings. The number of hydrogen-bond donors (Lipinski definition) is 1. The van der Waals surface area contributed by atoms with E-state index in [-0.39, 0.29) is 0 Å². The van der Waals surface area contributed by atoms with Crippen LogP contribution >= 0.6 is 0 Å². The van der Waals surface area contributed by atoms with E-state index in [1.165, 1.54) is 0 Å². The maximum Gasteiger partial charge on any atom is 0.311 e. The van der Waals surface area contributed by atoms with Gasteiger partial charge in [-0.05, 0) is 49.1 Å². The average molecular weight is 313 g/mol. The van der Waals surface area contributed by atoms with Crippen LogP contribution in [-0.4, -0.2) is 30.3 Å². The number of aryl methyl sites for hydroxylation is 1. The molecule has 2 aromatic rings. The van der Waals surface area contributed by atoms with Gasteiger partial charge in [-0.2, -0.15) is 0 Å². The molecule has 1 N–H and O–H groups in total. The van der Waals surface area contributed by atoms with Gasteiger partial charge in [-0.1, -0.05) is 6.07 Å². The Bertz CT molecular complexity index is 742. The van der Waals surface area contributed by atoms with Crippen molar-refractivity contribution in [2.24, 2.45) is 0 Å². The summed E-state index contributed by atoms with van der Waals surface area (Å²) in [6.07, 6.45) is 2.35. The van der Waals surface area contributed by atoms with Crippen LogP contribution in [0.3, 0.4) is 0 Å². The van der Waals surface area contributed by atoms with Crippen molar-refractivity contribution in [2.45, 2.75) is 25.2 Å². The van der Waals surface area contributed by atoms with Crippen molar-refractivity contribution >= 4 is 5.97 Å². The number of ether oxygens (including phenoxy) is 2. The Morgan fingerprint density at radius 3 is 2.65 bits per heavy atom. The minimum atomic E-state index is -0.772. The molecule has 0 bridgehead atoms. The molecule has 1 atom stereocenters. The van der Waals surface area contributed by atoms with Gasteiger partial charge in [-0.15, -0.1) is 0 Å². The van der Waals surface area contributed by atoms with Crippen molar-refractivity contribution in [3.05, 3.63) is 41.6 Å². The van der Waals surface area contributed by atoms with Gasteiger partial charge in [-0.25, -0.2) is 0 Å². The highest BCUT2D eigenvalue weighted by Gasteiger charge is 2.27. The summed E-state index contributed by atoms with van der Waals surface area (Å²) < 4.78 is 10.6. The van der Waals surface area contributed by atoms with Gasteiger partial charge in [0.25, 0.3) is 0 Å². The van der Waals surface area contributed by atoms with Gasteiger partial charge in [0.15, 0.2) is 11.5 Å². The lowest BCUT2D eigenvalue weighted by molar-refractivity contribution is -0.139. The van der Waals surface area contributed by atoms with E-state index in [9.17, 15) is 9.90 Å². The number of carbonyl (C=O) groups is 1. The van der Waals surface area contributed by atoms with E-state index in [4.69, 9.17) is 9.47 Å². The molecule has 1 aromatic heterocycles. The number of aromatic nitrogens is 1. The summed E-state index contributed by atoms with van der Waals surface area (Å²) in [5.41, 5.74) is 3.46. The first-order chi connectivity index (χ1) is 11.1. The molecule has 0 spiro atoms. The maximum atomic E-state index is 11.4. The second-order valence-corrected chi connectivity index (χ2v) is 5.59. The van der Waals surface area contributed by atoms with Crippen molar-refractivity contribution in [1.82, 2.24) is 4.98 Å². The Hall–Kier alpha value is -2.56. The highest BCUT2D eigenvalue weighted by Crippen LogP contribution is 2.35. The first-order valence-electron chi connectivity index (χ1n) is 7.59. The van der Waals surface area contributed by atoms with Crippen LogP contribution in [0.1, 0.15) is 30.0 Å². The van der Waals surface area contributed by atoms with E-state index in [0.717, 1.165) is 35.4 Å². The molecule has 0 saturated carbocycles. The van der Waals surface area contributed by atoms with Gasteiger partial charge >= 0.3 is 5.97 Å². The molecule has 3 rings (SSSR count). The predicted molar refractivity (Wildman–Crippen MR) is 86.1 cm³/mol. The van der Waals surface area contributed by atoms with Crippen molar-refractivity contribution in [2.75, 3.05) is 14.2 Å². The van der Waals surface area contributed by atoms with Crippen LogP contribution in [0, 0.1) is 0 Å². The van der Waals surface area contributed by atoms with Gasteiger partial charge < -0.3 is 14.6 Å². The topological polar surface area (TPSA) is 68.7 Å². The molecular formula is C18H19NO4. The summed E-state index contributed by atoms with van der Waals surface area (Å²) in [7, 11) is 3.19. The summed E-state index contributed by atoms with van der Waals surface area (Å²) in [5.74, 6) is 0.102. The molecule has 1 aliphatic carbocycles. The third kappa shape index (κ3) is 2.86. The lowest BCUT2D eigenvalue weighted by Gasteiger charge is -2.22. The zero-order valence-corrected chi connectivity index (χ0v) is 13.2. The molecule has 23 heavy (non-hydrogen) atoms. The molecular weight excluding hydrogens is 294 g/mol. The molecule has 1 heterocycles. The number of carboxylic acid groups (broad SMARTS) is 1. The normalized spacial score (nSPS) is 16.5. The molecule has 0 saturated heterocycles.